The van der Waals surface area contributed by atoms with E-state index in [0.29, 0.717) is 13.0 Å². The fourth-order valence-electron chi connectivity index (χ4n) is 1.73. The van der Waals surface area contributed by atoms with E-state index in [1.165, 1.54) is 12.0 Å². The summed E-state index contributed by atoms with van der Waals surface area (Å²) in [7, 11) is 1.34. The van der Waals surface area contributed by atoms with Gasteiger partial charge in [0.15, 0.2) is 0 Å². The molecule has 5 heteroatoms. The molecule has 0 aromatic rings. The van der Waals surface area contributed by atoms with Gasteiger partial charge in [-0.3, -0.25) is 4.79 Å². The molecule has 0 spiro atoms. The first-order valence-corrected chi connectivity index (χ1v) is 4.78. The van der Waals surface area contributed by atoms with Crippen molar-refractivity contribution in [3.63, 3.8) is 0 Å². The molecule has 0 aromatic heterocycles. The SMILES string of the molecule is COC(=O)[C@H]1CCCCN1C(=O)CN. The molecule has 1 fully saturated rings. The molecule has 5 nitrogen and oxygen atoms in total. The highest BCUT2D eigenvalue weighted by Crippen LogP contribution is 2.17. The van der Waals surface area contributed by atoms with Gasteiger partial charge in [0.05, 0.1) is 13.7 Å². The van der Waals surface area contributed by atoms with Crippen LogP contribution in [-0.2, 0) is 14.3 Å². The van der Waals surface area contributed by atoms with E-state index in [-0.39, 0.29) is 18.4 Å². The van der Waals surface area contributed by atoms with Crippen LogP contribution >= 0.6 is 0 Å². The molecule has 1 heterocycles. The van der Waals surface area contributed by atoms with Crippen LogP contribution in [0.25, 0.3) is 0 Å². The van der Waals surface area contributed by atoms with E-state index < -0.39 is 6.04 Å². The smallest absolute Gasteiger partial charge is 0.328 e. The van der Waals surface area contributed by atoms with Gasteiger partial charge < -0.3 is 15.4 Å². The normalized spacial score (nSPS) is 21.9. The van der Waals surface area contributed by atoms with Crippen molar-refractivity contribution in [2.24, 2.45) is 5.73 Å². The Bertz CT molecular complexity index is 206. The summed E-state index contributed by atoms with van der Waals surface area (Å²) in [6.07, 6.45) is 2.56. The monoisotopic (exact) mass is 200 g/mol. The first kappa shape index (κ1) is 11.0. The van der Waals surface area contributed by atoms with Crippen LogP contribution in [0.15, 0.2) is 0 Å². The topological polar surface area (TPSA) is 72.6 Å². The van der Waals surface area contributed by atoms with Crippen LogP contribution in [0.4, 0.5) is 0 Å². The van der Waals surface area contributed by atoms with Gasteiger partial charge in [0.25, 0.3) is 0 Å². The molecule has 1 atom stereocenters. The van der Waals surface area contributed by atoms with E-state index in [1.54, 1.807) is 0 Å². The van der Waals surface area contributed by atoms with Gasteiger partial charge in [0.1, 0.15) is 6.04 Å². The largest absolute Gasteiger partial charge is 0.467 e. The van der Waals surface area contributed by atoms with Gasteiger partial charge in [-0.2, -0.15) is 0 Å². The lowest BCUT2D eigenvalue weighted by Crippen LogP contribution is -2.50. The number of likely N-dealkylation sites (tertiary alicyclic amines) is 1. The molecule has 1 aliphatic rings. The first-order valence-electron chi connectivity index (χ1n) is 4.78. The summed E-state index contributed by atoms with van der Waals surface area (Å²) >= 11 is 0. The Balaban J connectivity index is 2.68. The number of carbonyl (C=O) groups excluding carboxylic acids is 2. The molecule has 1 rings (SSSR count). The average Bonchev–Trinajstić information content (AvgIpc) is 2.27. The molecule has 0 radical (unpaired) electrons. The van der Waals surface area contributed by atoms with Crippen molar-refractivity contribution in [2.75, 3.05) is 20.2 Å². The zero-order valence-corrected chi connectivity index (χ0v) is 8.36. The summed E-state index contributed by atoms with van der Waals surface area (Å²) in [6, 6.07) is -0.426. The second-order valence-electron chi connectivity index (χ2n) is 3.33. The van der Waals surface area contributed by atoms with Crippen LogP contribution < -0.4 is 5.73 Å². The van der Waals surface area contributed by atoms with Crippen LogP contribution in [0.5, 0.6) is 0 Å². The fraction of sp³-hybridized carbons (Fsp3) is 0.778. The number of hydrogen-bond acceptors (Lipinski definition) is 4. The highest BCUT2D eigenvalue weighted by atomic mass is 16.5. The van der Waals surface area contributed by atoms with Gasteiger partial charge in [-0.05, 0) is 19.3 Å². The quantitative estimate of drug-likeness (QED) is 0.610. The van der Waals surface area contributed by atoms with Gasteiger partial charge in [0.2, 0.25) is 5.91 Å². The number of amides is 1. The number of rotatable bonds is 2. The van der Waals surface area contributed by atoms with Gasteiger partial charge in [-0.1, -0.05) is 0 Å². The predicted octanol–water partition coefficient (Wildman–Crippen LogP) is -0.501. The maximum Gasteiger partial charge on any atom is 0.328 e. The molecule has 0 aliphatic carbocycles. The van der Waals surface area contributed by atoms with Crippen LogP contribution in [0.3, 0.4) is 0 Å². The molecular formula is C9H16N2O3. The van der Waals surface area contributed by atoms with Crippen molar-refractivity contribution >= 4 is 11.9 Å². The van der Waals surface area contributed by atoms with E-state index >= 15 is 0 Å². The van der Waals surface area contributed by atoms with Gasteiger partial charge >= 0.3 is 5.97 Å². The van der Waals surface area contributed by atoms with Gasteiger partial charge in [-0.25, -0.2) is 4.79 Å². The Morgan fingerprint density at radius 2 is 2.21 bits per heavy atom. The predicted molar refractivity (Wildman–Crippen MR) is 50.4 cm³/mol. The van der Waals surface area contributed by atoms with E-state index in [9.17, 15) is 9.59 Å². The second-order valence-corrected chi connectivity index (χ2v) is 3.33. The van der Waals surface area contributed by atoms with Crippen molar-refractivity contribution in [3.05, 3.63) is 0 Å². The van der Waals surface area contributed by atoms with Crippen molar-refractivity contribution in [2.45, 2.75) is 25.3 Å². The van der Waals surface area contributed by atoms with Crippen molar-refractivity contribution in [3.8, 4) is 0 Å². The summed E-state index contributed by atoms with van der Waals surface area (Å²) in [5, 5.41) is 0. The van der Waals surface area contributed by atoms with Crippen molar-refractivity contribution < 1.29 is 14.3 Å². The molecule has 1 aliphatic heterocycles. The van der Waals surface area contributed by atoms with Gasteiger partial charge in [0, 0.05) is 6.54 Å². The summed E-state index contributed by atoms with van der Waals surface area (Å²) in [6.45, 7) is 0.559. The highest BCUT2D eigenvalue weighted by molar-refractivity contribution is 5.85. The van der Waals surface area contributed by atoms with E-state index in [0.717, 1.165) is 12.8 Å². The highest BCUT2D eigenvalue weighted by Gasteiger charge is 2.31. The molecule has 0 saturated carbocycles. The number of methoxy groups -OCH3 is 1. The maximum atomic E-state index is 11.4. The maximum absolute atomic E-state index is 11.4. The second kappa shape index (κ2) is 4.95. The minimum atomic E-state index is -0.426. The third-order valence-corrected chi connectivity index (χ3v) is 2.47. The van der Waals surface area contributed by atoms with Crippen molar-refractivity contribution in [1.29, 1.82) is 0 Å². The molecule has 1 saturated heterocycles. The Morgan fingerprint density at radius 3 is 2.79 bits per heavy atom. The Hall–Kier alpha value is -1.10. The zero-order valence-electron chi connectivity index (χ0n) is 8.36. The molecule has 80 valence electrons. The van der Waals surface area contributed by atoms with E-state index in [1.807, 2.05) is 0 Å². The van der Waals surface area contributed by atoms with Crippen LogP contribution in [0.2, 0.25) is 0 Å². The van der Waals surface area contributed by atoms with E-state index in [4.69, 9.17) is 5.73 Å². The van der Waals surface area contributed by atoms with Crippen LogP contribution in [0.1, 0.15) is 19.3 Å². The van der Waals surface area contributed by atoms with Gasteiger partial charge in [-0.15, -0.1) is 0 Å². The third kappa shape index (κ3) is 2.23. The van der Waals surface area contributed by atoms with Crippen molar-refractivity contribution in [1.82, 2.24) is 4.90 Å². The fourth-order valence-corrected chi connectivity index (χ4v) is 1.73. The molecule has 0 aromatic carbocycles. The van der Waals surface area contributed by atoms with Crippen LogP contribution in [0, 0.1) is 0 Å². The number of carbonyl (C=O) groups is 2. The van der Waals surface area contributed by atoms with Crippen LogP contribution in [-0.4, -0.2) is 43.0 Å². The first-order chi connectivity index (χ1) is 6.70. The molecular weight excluding hydrogens is 184 g/mol. The number of hydrogen-bond donors (Lipinski definition) is 1. The number of esters is 1. The molecule has 2 N–H and O–H groups in total. The minimum Gasteiger partial charge on any atom is -0.467 e. The lowest BCUT2D eigenvalue weighted by molar-refractivity contribution is -0.154. The number of ether oxygens (including phenoxy) is 1. The number of nitrogens with two attached hydrogens (primary N) is 1. The molecule has 0 unspecified atom stereocenters. The Labute approximate surface area is 83.2 Å². The van der Waals surface area contributed by atoms with E-state index in [2.05, 4.69) is 4.74 Å². The minimum absolute atomic E-state index is 0.0481. The molecule has 0 bridgehead atoms. The molecule has 1 amide bonds. The zero-order chi connectivity index (χ0) is 10.6. The Morgan fingerprint density at radius 1 is 1.50 bits per heavy atom. The molecule has 14 heavy (non-hydrogen) atoms. The number of nitrogens with zero attached hydrogens (tertiary/aromatic N) is 1. The summed E-state index contributed by atoms with van der Waals surface area (Å²) in [5.74, 6) is -0.522. The Kier molecular flexibility index (Phi) is 3.88. The summed E-state index contributed by atoms with van der Waals surface area (Å²) in [5.41, 5.74) is 5.26. The standard InChI is InChI=1S/C9H16N2O3/c1-14-9(13)7-4-2-3-5-11(7)8(12)6-10/h7H,2-6,10H2,1H3/t7-/m1/s1. The number of piperidine rings is 1. The lowest BCUT2D eigenvalue weighted by Gasteiger charge is -2.33. The average molecular weight is 200 g/mol. The summed E-state index contributed by atoms with van der Waals surface area (Å²) < 4.78 is 4.64. The third-order valence-electron chi connectivity index (χ3n) is 2.47. The summed E-state index contributed by atoms with van der Waals surface area (Å²) in [4.78, 5) is 24.3. The lowest BCUT2D eigenvalue weighted by atomic mass is 10.0.